The third kappa shape index (κ3) is 4.93. The summed E-state index contributed by atoms with van der Waals surface area (Å²) in [6, 6.07) is 5.46. The molecule has 0 bridgehead atoms. The van der Waals surface area contributed by atoms with Crippen LogP contribution in [0.4, 0.5) is 0 Å². The SMILES string of the molecule is C=C1Cc2c(n(CCC3CCCC3)c(=O)n(CCCCc3noc(-c4ccccn4)n3)c2=O)C(=O)N1. The number of allylic oxidation sites excluding steroid dienone is 1. The summed E-state index contributed by atoms with van der Waals surface area (Å²) in [4.78, 5) is 48.0. The zero-order valence-electron chi connectivity index (χ0n) is 20.2. The van der Waals surface area contributed by atoms with E-state index in [0.29, 0.717) is 60.4 Å². The quantitative estimate of drug-likeness (QED) is 0.457. The van der Waals surface area contributed by atoms with Gasteiger partial charge in [-0.05, 0) is 37.3 Å². The fourth-order valence-electron chi connectivity index (χ4n) is 5.17. The van der Waals surface area contributed by atoms with E-state index in [4.69, 9.17) is 4.52 Å². The fourth-order valence-corrected chi connectivity index (χ4v) is 5.17. The van der Waals surface area contributed by atoms with E-state index in [1.54, 1.807) is 12.3 Å². The number of hydrogen-bond donors (Lipinski definition) is 1. The number of nitrogens with zero attached hydrogens (tertiary/aromatic N) is 5. The van der Waals surface area contributed by atoms with Crippen LogP contribution in [0.2, 0.25) is 0 Å². The highest BCUT2D eigenvalue weighted by molar-refractivity contribution is 5.96. The summed E-state index contributed by atoms with van der Waals surface area (Å²) in [5.74, 6) is 1.05. The molecule has 0 atom stereocenters. The summed E-state index contributed by atoms with van der Waals surface area (Å²) in [5.41, 5.74) is 0.809. The largest absolute Gasteiger partial charge is 0.332 e. The molecule has 1 fully saturated rings. The highest BCUT2D eigenvalue weighted by Gasteiger charge is 2.29. The molecule has 0 unspecified atom stereocenters. The maximum absolute atomic E-state index is 13.4. The van der Waals surface area contributed by atoms with Gasteiger partial charge < -0.3 is 9.84 Å². The Morgan fingerprint density at radius 2 is 1.92 bits per heavy atom. The van der Waals surface area contributed by atoms with Gasteiger partial charge >= 0.3 is 5.69 Å². The molecule has 1 aliphatic carbocycles. The second-order valence-corrected chi connectivity index (χ2v) is 9.58. The Morgan fingerprint density at radius 3 is 2.69 bits per heavy atom. The van der Waals surface area contributed by atoms with Gasteiger partial charge in [-0.15, -0.1) is 0 Å². The van der Waals surface area contributed by atoms with Crippen LogP contribution < -0.4 is 16.6 Å². The highest BCUT2D eigenvalue weighted by atomic mass is 16.5. The molecule has 5 rings (SSSR count). The molecule has 0 spiro atoms. The van der Waals surface area contributed by atoms with Crippen molar-refractivity contribution in [3.63, 3.8) is 0 Å². The molecule has 4 heterocycles. The number of carbonyl (C=O) groups excluding carboxylic acids is 1. The van der Waals surface area contributed by atoms with E-state index in [0.717, 1.165) is 19.3 Å². The van der Waals surface area contributed by atoms with E-state index in [1.165, 1.54) is 22.0 Å². The van der Waals surface area contributed by atoms with Crippen molar-refractivity contribution in [1.82, 2.24) is 29.6 Å². The zero-order valence-corrected chi connectivity index (χ0v) is 20.2. The molecule has 0 saturated heterocycles. The Bertz CT molecular complexity index is 1380. The number of aryl methyl sites for hydroxylation is 1. The van der Waals surface area contributed by atoms with Gasteiger partial charge in [-0.3, -0.25) is 23.7 Å². The average molecular weight is 491 g/mol. The Balaban J connectivity index is 1.31. The van der Waals surface area contributed by atoms with E-state index in [2.05, 4.69) is 27.0 Å². The van der Waals surface area contributed by atoms with Crippen LogP contribution in [0.3, 0.4) is 0 Å². The van der Waals surface area contributed by atoms with Crippen molar-refractivity contribution in [3.8, 4) is 11.6 Å². The Labute approximate surface area is 208 Å². The van der Waals surface area contributed by atoms with Gasteiger partial charge in [-0.2, -0.15) is 4.98 Å². The van der Waals surface area contributed by atoms with Gasteiger partial charge in [0, 0.05) is 37.8 Å². The molecule has 10 nitrogen and oxygen atoms in total. The summed E-state index contributed by atoms with van der Waals surface area (Å²) in [7, 11) is 0. The predicted octanol–water partition coefficient (Wildman–Crippen LogP) is 2.86. The minimum absolute atomic E-state index is 0.195. The number of hydrogen-bond acceptors (Lipinski definition) is 7. The smallest absolute Gasteiger partial charge is 0.331 e. The molecule has 2 aliphatic rings. The van der Waals surface area contributed by atoms with Gasteiger partial charge in [0.05, 0.1) is 5.56 Å². The van der Waals surface area contributed by atoms with Gasteiger partial charge in [0.1, 0.15) is 11.4 Å². The first-order chi connectivity index (χ1) is 17.5. The number of pyridine rings is 1. The standard InChI is InChI=1S/C26H30N6O4/c1-17-16-19-22(23(33)28-17)31(15-12-18-8-2-3-9-18)26(35)32(25(19)34)14-7-5-11-21-29-24(36-30-21)20-10-4-6-13-27-20/h4,6,10,13,18H,1-3,5,7-9,11-12,14-16H2,(H,28,33). The lowest BCUT2D eigenvalue weighted by Crippen LogP contribution is -2.48. The molecule has 3 aromatic rings. The van der Waals surface area contributed by atoms with Gasteiger partial charge in [-0.1, -0.05) is 43.5 Å². The van der Waals surface area contributed by atoms with Crippen LogP contribution in [0, 0.1) is 5.92 Å². The lowest BCUT2D eigenvalue weighted by atomic mass is 10.0. The number of rotatable bonds is 9. The number of aromatic nitrogens is 5. The van der Waals surface area contributed by atoms with Gasteiger partial charge in [0.2, 0.25) is 0 Å². The van der Waals surface area contributed by atoms with Gasteiger partial charge in [0.15, 0.2) is 5.82 Å². The van der Waals surface area contributed by atoms with Crippen molar-refractivity contribution < 1.29 is 9.32 Å². The van der Waals surface area contributed by atoms with Crippen molar-refractivity contribution in [3.05, 3.63) is 74.6 Å². The van der Waals surface area contributed by atoms with Crippen LogP contribution in [-0.4, -0.2) is 30.2 Å². The Kier molecular flexibility index (Phi) is 6.92. The third-order valence-corrected chi connectivity index (χ3v) is 7.04. The molecular weight excluding hydrogens is 460 g/mol. The first-order valence-electron chi connectivity index (χ1n) is 12.6. The molecule has 0 radical (unpaired) electrons. The van der Waals surface area contributed by atoms with Crippen molar-refractivity contribution >= 4 is 5.91 Å². The summed E-state index contributed by atoms with van der Waals surface area (Å²) in [5, 5.41) is 6.70. The monoisotopic (exact) mass is 490 g/mol. The number of amides is 1. The van der Waals surface area contributed by atoms with Crippen molar-refractivity contribution in [1.29, 1.82) is 0 Å². The third-order valence-electron chi connectivity index (χ3n) is 7.04. The van der Waals surface area contributed by atoms with Crippen LogP contribution in [0.25, 0.3) is 11.6 Å². The van der Waals surface area contributed by atoms with Crippen LogP contribution in [-0.2, 0) is 25.9 Å². The summed E-state index contributed by atoms with van der Waals surface area (Å²) >= 11 is 0. The van der Waals surface area contributed by atoms with E-state index in [-0.39, 0.29) is 18.7 Å². The number of unbranched alkanes of at least 4 members (excludes halogenated alkanes) is 1. The van der Waals surface area contributed by atoms with Crippen LogP contribution in [0.15, 0.2) is 50.8 Å². The molecule has 3 aromatic heterocycles. The zero-order chi connectivity index (χ0) is 25.1. The molecule has 36 heavy (non-hydrogen) atoms. The molecule has 0 aromatic carbocycles. The topological polar surface area (TPSA) is 125 Å². The fraction of sp³-hybridized carbons (Fsp3) is 0.462. The van der Waals surface area contributed by atoms with Crippen molar-refractivity contribution in [2.24, 2.45) is 5.92 Å². The average Bonchev–Trinajstić information content (AvgIpc) is 3.57. The van der Waals surface area contributed by atoms with Gasteiger partial charge in [-0.25, -0.2) is 4.79 Å². The first kappa shape index (κ1) is 23.9. The predicted molar refractivity (Wildman–Crippen MR) is 132 cm³/mol. The highest BCUT2D eigenvalue weighted by Crippen LogP contribution is 2.28. The molecule has 1 N–H and O–H groups in total. The Hall–Kier alpha value is -3.82. The van der Waals surface area contributed by atoms with Crippen LogP contribution in [0.5, 0.6) is 0 Å². The van der Waals surface area contributed by atoms with Crippen molar-refractivity contribution in [2.75, 3.05) is 0 Å². The Morgan fingerprint density at radius 1 is 1.08 bits per heavy atom. The maximum atomic E-state index is 13.4. The maximum Gasteiger partial charge on any atom is 0.331 e. The molecule has 1 saturated carbocycles. The second kappa shape index (κ2) is 10.4. The van der Waals surface area contributed by atoms with E-state index in [9.17, 15) is 14.4 Å². The molecule has 1 aliphatic heterocycles. The summed E-state index contributed by atoms with van der Waals surface area (Å²) < 4.78 is 8.07. The summed E-state index contributed by atoms with van der Waals surface area (Å²) in [6.07, 6.45) is 9.24. The van der Waals surface area contributed by atoms with E-state index < -0.39 is 17.2 Å². The van der Waals surface area contributed by atoms with Crippen LogP contribution >= 0.6 is 0 Å². The van der Waals surface area contributed by atoms with Gasteiger partial charge in [0.25, 0.3) is 17.4 Å². The summed E-state index contributed by atoms with van der Waals surface area (Å²) in [6.45, 7) is 4.53. The lowest BCUT2D eigenvalue weighted by molar-refractivity contribution is 0.0945. The van der Waals surface area contributed by atoms with E-state index in [1.807, 2.05) is 12.1 Å². The van der Waals surface area contributed by atoms with E-state index >= 15 is 0 Å². The lowest BCUT2D eigenvalue weighted by Gasteiger charge is -2.24. The molecule has 1 amide bonds. The number of carbonyl (C=O) groups is 1. The molecule has 188 valence electrons. The minimum Gasteiger partial charge on any atom is -0.332 e. The molecular formula is C26H30N6O4. The normalized spacial score (nSPS) is 15.8. The number of nitrogens with one attached hydrogen (secondary N) is 1. The van der Waals surface area contributed by atoms with Crippen LogP contribution in [0.1, 0.15) is 66.8 Å². The molecule has 10 heteroatoms. The second-order valence-electron chi connectivity index (χ2n) is 9.58. The number of fused-ring (bicyclic) bond motifs is 1. The van der Waals surface area contributed by atoms with Crippen molar-refractivity contribution in [2.45, 2.75) is 70.9 Å². The first-order valence-corrected chi connectivity index (χ1v) is 12.6. The minimum atomic E-state index is -0.421.